The van der Waals surface area contributed by atoms with E-state index in [9.17, 15) is 0 Å². The minimum Gasteiger partial charge on any atom is -0.413 e. The molecule has 0 radical (unpaired) electrons. The summed E-state index contributed by atoms with van der Waals surface area (Å²) in [6, 6.07) is 0. The molecule has 0 fully saturated rings. The maximum atomic E-state index is 6.60. The second-order valence-electron chi connectivity index (χ2n) is 7.41. The summed E-state index contributed by atoms with van der Waals surface area (Å²) in [5.41, 5.74) is 1.80. The molecule has 0 amide bonds. The van der Waals surface area contributed by atoms with Gasteiger partial charge in [-0.15, -0.1) is 0 Å². The van der Waals surface area contributed by atoms with Crippen LogP contribution in [0.1, 0.15) is 54.4 Å². The van der Waals surface area contributed by atoms with Gasteiger partial charge >= 0.3 is 0 Å². The van der Waals surface area contributed by atoms with E-state index in [1.54, 1.807) is 5.57 Å². The lowest BCUT2D eigenvalue weighted by molar-refractivity contribution is 0.0987. The van der Waals surface area contributed by atoms with E-state index in [1.807, 2.05) is 0 Å². The molecule has 0 aliphatic heterocycles. The topological polar surface area (TPSA) is 9.23 Å². The van der Waals surface area contributed by atoms with E-state index >= 15 is 0 Å². The summed E-state index contributed by atoms with van der Waals surface area (Å²) >= 11 is 0. The van der Waals surface area contributed by atoms with Crippen LogP contribution in [-0.4, -0.2) is 14.4 Å². The third-order valence-corrected chi connectivity index (χ3v) is 9.32. The monoisotopic (exact) mass is 254 g/mol. The Bertz CT molecular complexity index is 307. The van der Waals surface area contributed by atoms with Crippen LogP contribution in [0.15, 0.2) is 11.6 Å². The van der Waals surface area contributed by atoms with Crippen molar-refractivity contribution in [1.29, 1.82) is 0 Å². The first kappa shape index (κ1) is 15.0. The largest absolute Gasteiger partial charge is 0.413 e. The molecule has 1 rings (SSSR count). The van der Waals surface area contributed by atoms with Crippen molar-refractivity contribution >= 4 is 8.32 Å². The Morgan fingerprint density at radius 2 is 1.88 bits per heavy atom. The van der Waals surface area contributed by atoms with Gasteiger partial charge in [0.15, 0.2) is 8.32 Å². The first-order valence-corrected chi connectivity index (χ1v) is 9.80. The standard InChI is InChI=1S/C15H30OSi/c1-9-12-10-11-13(15(12,5)6)16-17(7,8)14(2,3)4/h10,13H,9,11H2,1-8H3/t13-/m0/s1. The molecule has 1 aliphatic carbocycles. The third-order valence-electron chi connectivity index (χ3n) is 4.83. The molecule has 0 heterocycles. The molecule has 0 aromatic heterocycles. The highest BCUT2D eigenvalue weighted by molar-refractivity contribution is 6.74. The predicted octanol–water partition coefficient (Wildman–Crippen LogP) is 5.14. The zero-order valence-electron chi connectivity index (χ0n) is 13.0. The maximum absolute atomic E-state index is 6.60. The second-order valence-corrected chi connectivity index (χ2v) is 12.2. The Morgan fingerprint density at radius 3 is 2.24 bits per heavy atom. The molecule has 2 heteroatoms. The molecular formula is C15H30OSi. The lowest BCUT2D eigenvalue weighted by atomic mass is 9.82. The smallest absolute Gasteiger partial charge is 0.192 e. The third kappa shape index (κ3) is 2.85. The molecule has 100 valence electrons. The molecule has 17 heavy (non-hydrogen) atoms. The van der Waals surface area contributed by atoms with Crippen LogP contribution in [0.25, 0.3) is 0 Å². The minimum atomic E-state index is -1.63. The molecule has 0 N–H and O–H groups in total. The summed E-state index contributed by atoms with van der Waals surface area (Å²) in [5, 5.41) is 0.304. The van der Waals surface area contributed by atoms with Crippen molar-refractivity contribution in [2.45, 2.75) is 78.6 Å². The van der Waals surface area contributed by atoms with E-state index in [-0.39, 0.29) is 5.41 Å². The van der Waals surface area contributed by atoms with Crippen LogP contribution in [-0.2, 0) is 4.43 Å². The van der Waals surface area contributed by atoms with Crippen LogP contribution in [0.4, 0.5) is 0 Å². The average molecular weight is 254 g/mol. The Labute approximate surface area is 109 Å². The fraction of sp³-hybridized carbons (Fsp3) is 0.867. The van der Waals surface area contributed by atoms with Crippen molar-refractivity contribution in [3.63, 3.8) is 0 Å². The van der Waals surface area contributed by atoms with Crippen molar-refractivity contribution in [1.82, 2.24) is 0 Å². The highest BCUT2D eigenvalue weighted by Crippen LogP contribution is 2.46. The summed E-state index contributed by atoms with van der Waals surface area (Å²) in [4.78, 5) is 0. The van der Waals surface area contributed by atoms with Gasteiger partial charge in [-0.3, -0.25) is 0 Å². The first-order chi connectivity index (χ1) is 7.52. The molecule has 1 aliphatic rings. The summed E-state index contributed by atoms with van der Waals surface area (Å²) < 4.78 is 6.60. The highest BCUT2D eigenvalue weighted by atomic mass is 28.4. The SMILES string of the molecule is CCC1=CC[C@H](O[Si](C)(C)C(C)(C)C)C1(C)C. The fourth-order valence-corrected chi connectivity index (χ4v) is 3.80. The summed E-state index contributed by atoms with van der Waals surface area (Å²) in [6.07, 6.45) is 5.04. The van der Waals surface area contributed by atoms with Crippen molar-refractivity contribution in [3.8, 4) is 0 Å². The van der Waals surface area contributed by atoms with E-state index in [0.29, 0.717) is 11.1 Å². The highest BCUT2D eigenvalue weighted by Gasteiger charge is 2.44. The average Bonchev–Trinajstić information content (AvgIpc) is 2.39. The van der Waals surface area contributed by atoms with Gasteiger partial charge in [-0.25, -0.2) is 0 Å². The summed E-state index contributed by atoms with van der Waals surface area (Å²) in [7, 11) is -1.63. The van der Waals surface area contributed by atoms with Crippen LogP contribution in [0.3, 0.4) is 0 Å². The van der Waals surface area contributed by atoms with Gasteiger partial charge in [-0.05, 0) is 31.0 Å². The van der Waals surface area contributed by atoms with Crippen LogP contribution in [0.2, 0.25) is 18.1 Å². The minimum absolute atomic E-state index is 0.226. The van der Waals surface area contributed by atoms with Crippen LogP contribution < -0.4 is 0 Å². The van der Waals surface area contributed by atoms with Gasteiger partial charge in [0.1, 0.15) is 0 Å². The summed E-state index contributed by atoms with van der Waals surface area (Å²) in [5.74, 6) is 0. The Balaban J connectivity index is 2.80. The van der Waals surface area contributed by atoms with Gasteiger partial charge in [0.2, 0.25) is 0 Å². The Morgan fingerprint density at radius 1 is 1.35 bits per heavy atom. The molecular weight excluding hydrogens is 224 g/mol. The molecule has 0 unspecified atom stereocenters. The number of rotatable bonds is 3. The van der Waals surface area contributed by atoms with Crippen LogP contribution in [0, 0.1) is 5.41 Å². The van der Waals surface area contributed by atoms with E-state index in [4.69, 9.17) is 4.43 Å². The molecule has 0 aromatic carbocycles. The van der Waals surface area contributed by atoms with Crippen LogP contribution >= 0.6 is 0 Å². The van der Waals surface area contributed by atoms with E-state index < -0.39 is 8.32 Å². The molecule has 0 saturated carbocycles. The second kappa shape index (κ2) is 4.54. The Kier molecular flexibility index (Phi) is 4.00. The number of hydrogen-bond donors (Lipinski definition) is 0. The molecule has 0 spiro atoms. The quantitative estimate of drug-likeness (QED) is 0.500. The van der Waals surface area contributed by atoms with Gasteiger partial charge in [-0.2, -0.15) is 0 Å². The van der Waals surface area contributed by atoms with Crippen molar-refractivity contribution in [3.05, 3.63) is 11.6 Å². The molecule has 0 saturated heterocycles. The lowest BCUT2D eigenvalue weighted by Gasteiger charge is -2.42. The van der Waals surface area contributed by atoms with Gasteiger partial charge in [0.25, 0.3) is 0 Å². The summed E-state index contributed by atoms with van der Waals surface area (Å²) in [6.45, 7) is 18.6. The fourth-order valence-electron chi connectivity index (χ4n) is 2.34. The molecule has 1 nitrogen and oxygen atoms in total. The van der Waals surface area contributed by atoms with Gasteiger partial charge in [0, 0.05) is 5.41 Å². The first-order valence-electron chi connectivity index (χ1n) is 6.89. The zero-order valence-corrected chi connectivity index (χ0v) is 14.0. The van der Waals surface area contributed by atoms with E-state index in [0.717, 1.165) is 12.8 Å². The van der Waals surface area contributed by atoms with Gasteiger partial charge in [0.05, 0.1) is 6.10 Å². The molecule has 0 aromatic rings. The number of hydrogen-bond acceptors (Lipinski definition) is 1. The zero-order chi connectivity index (χ0) is 13.5. The van der Waals surface area contributed by atoms with E-state index in [2.05, 4.69) is 60.7 Å². The Hall–Kier alpha value is -0.0831. The van der Waals surface area contributed by atoms with Crippen molar-refractivity contribution < 1.29 is 4.43 Å². The van der Waals surface area contributed by atoms with Crippen molar-refractivity contribution in [2.75, 3.05) is 0 Å². The normalized spacial score (nSPS) is 24.9. The lowest BCUT2D eigenvalue weighted by Crippen LogP contribution is -2.46. The van der Waals surface area contributed by atoms with Gasteiger partial charge < -0.3 is 4.43 Å². The van der Waals surface area contributed by atoms with Crippen molar-refractivity contribution in [2.24, 2.45) is 5.41 Å². The molecule has 0 bridgehead atoms. The predicted molar refractivity (Wildman–Crippen MR) is 78.8 cm³/mol. The van der Waals surface area contributed by atoms with Crippen LogP contribution in [0.5, 0.6) is 0 Å². The van der Waals surface area contributed by atoms with Gasteiger partial charge in [-0.1, -0.05) is 53.2 Å². The molecule has 1 atom stereocenters. The maximum Gasteiger partial charge on any atom is 0.192 e. The van der Waals surface area contributed by atoms with E-state index in [1.165, 1.54) is 0 Å².